The Kier molecular flexibility index (Phi) is 8.08. The number of ether oxygens (including phenoxy) is 4. The summed E-state index contributed by atoms with van der Waals surface area (Å²) < 4.78 is 20.2. The van der Waals surface area contributed by atoms with Gasteiger partial charge in [-0.25, -0.2) is 14.4 Å². The number of nitrogens with zero attached hydrogens (tertiary/aromatic N) is 1. The summed E-state index contributed by atoms with van der Waals surface area (Å²) in [5.74, 6) is -6.54. The van der Waals surface area contributed by atoms with Gasteiger partial charge in [-0.3, -0.25) is 14.4 Å². The molecule has 0 N–H and O–H groups in total. The number of rotatable bonds is 10. The van der Waals surface area contributed by atoms with E-state index in [1.165, 1.54) is 13.8 Å². The summed E-state index contributed by atoms with van der Waals surface area (Å²) in [6.45, 7) is 4.88. The van der Waals surface area contributed by atoms with Crippen LogP contribution in [-0.2, 0) is 52.6 Å². The highest BCUT2D eigenvalue weighted by molar-refractivity contribution is 6.01. The fraction of sp³-hybridized carbons (Fsp3) is 0.684. The second-order valence-electron chi connectivity index (χ2n) is 7.38. The number of carbonyl (C=O) groups is 6. The minimum Gasteiger partial charge on any atom is -0.463 e. The van der Waals surface area contributed by atoms with Crippen molar-refractivity contribution in [2.24, 2.45) is 0 Å². The maximum atomic E-state index is 12.3. The van der Waals surface area contributed by atoms with E-state index >= 15 is 0 Å². The van der Waals surface area contributed by atoms with E-state index in [0.717, 1.165) is 6.42 Å². The third kappa shape index (κ3) is 7.02. The van der Waals surface area contributed by atoms with Crippen molar-refractivity contribution in [3.63, 3.8) is 0 Å². The van der Waals surface area contributed by atoms with Gasteiger partial charge in [0.15, 0.2) is 6.10 Å². The van der Waals surface area contributed by atoms with E-state index in [2.05, 4.69) is 0 Å². The highest BCUT2D eigenvalue weighted by atomic mass is 16.8. The lowest BCUT2D eigenvalue weighted by atomic mass is 10.2. The fourth-order valence-corrected chi connectivity index (χ4v) is 2.74. The minimum absolute atomic E-state index is 0.0355. The lowest BCUT2D eigenvalue weighted by molar-refractivity contribution is -0.200. The molecule has 172 valence electrons. The first-order valence-corrected chi connectivity index (χ1v) is 9.85. The van der Waals surface area contributed by atoms with Crippen molar-refractivity contribution in [3.8, 4) is 0 Å². The van der Waals surface area contributed by atoms with Crippen LogP contribution in [0.1, 0.15) is 59.3 Å². The summed E-state index contributed by atoms with van der Waals surface area (Å²) >= 11 is 0. The van der Waals surface area contributed by atoms with Crippen LogP contribution in [0.2, 0.25) is 0 Å². The number of carbonyl (C=O) groups excluding carboxylic acids is 6. The molecule has 0 aromatic heterocycles. The molecule has 0 unspecified atom stereocenters. The molecule has 0 radical (unpaired) electrons. The maximum absolute atomic E-state index is 12.3. The average molecular weight is 443 g/mol. The van der Waals surface area contributed by atoms with Crippen LogP contribution in [0.3, 0.4) is 0 Å². The molecule has 2 amide bonds. The summed E-state index contributed by atoms with van der Waals surface area (Å²) in [6.07, 6.45) is -3.20. The number of hydroxylamine groups is 2. The zero-order valence-corrected chi connectivity index (χ0v) is 17.5. The van der Waals surface area contributed by atoms with Crippen LogP contribution in [0.25, 0.3) is 0 Å². The third-order valence-electron chi connectivity index (χ3n) is 4.22. The predicted octanol–water partition coefficient (Wildman–Crippen LogP) is 0.307. The molecule has 0 aliphatic carbocycles. The quantitative estimate of drug-likeness (QED) is 0.198. The number of hydrogen-bond donors (Lipinski definition) is 0. The molecule has 2 rings (SSSR count). The summed E-state index contributed by atoms with van der Waals surface area (Å²) in [4.78, 5) is 76.2. The Bertz CT molecular complexity index is 744. The molecule has 2 aliphatic rings. The normalized spacial score (nSPS) is 20.9. The van der Waals surface area contributed by atoms with Crippen LogP contribution >= 0.6 is 0 Å². The topological polar surface area (TPSA) is 152 Å². The van der Waals surface area contributed by atoms with Gasteiger partial charge in [0, 0.05) is 26.7 Å². The Labute approximate surface area is 178 Å². The van der Waals surface area contributed by atoms with Gasteiger partial charge in [0.1, 0.15) is 0 Å². The molecular weight excluding hydrogens is 418 g/mol. The van der Waals surface area contributed by atoms with Crippen molar-refractivity contribution >= 4 is 35.7 Å². The molecule has 0 spiro atoms. The first-order chi connectivity index (χ1) is 14.5. The predicted molar refractivity (Wildman–Crippen MR) is 97.2 cm³/mol. The lowest BCUT2D eigenvalue weighted by Crippen LogP contribution is -2.37. The van der Waals surface area contributed by atoms with Crippen molar-refractivity contribution in [3.05, 3.63) is 0 Å². The van der Waals surface area contributed by atoms with Crippen LogP contribution < -0.4 is 0 Å². The number of esters is 3. The Morgan fingerprint density at radius 3 is 2.32 bits per heavy atom. The molecule has 0 saturated carbocycles. The number of amides is 2. The molecule has 2 atom stereocenters. The first-order valence-electron chi connectivity index (χ1n) is 9.85. The Morgan fingerprint density at radius 1 is 1.13 bits per heavy atom. The van der Waals surface area contributed by atoms with Gasteiger partial charge in [-0.1, -0.05) is 13.3 Å². The standard InChI is InChI=1S/C19H25NO11/c1-4-5-8-27-17(25)11(9-16(24)31-20-13(21)6-7-14(20)22)28-15(23)10-12-18(26)30-19(2,3)29-12/h11-12H,4-10H2,1-3H3/t11-,12-/m0/s1. The van der Waals surface area contributed by atoms with Crippen LogP contribution in [0, 0.1) is 0 Å². The Morgan fingerprint density at radius 2 is 1.77 bits per heavy atom. The molecule has 2 heterocycles. The maximum Gasteiger partial charge on any atom is 0.348 e. The van der Waals surface area contributed by atoms with E-state index in [-0.39, 0.29) is 19.4 Å². The van der Waals surface area contributed by atoms with Gasteiger partial charge in [0.25, 0.3) is 11.8 Å². The van der Waals surface area contributed by atoms with E-state index in [9.17, 15) is 28.8 Å². The van der Waals surface area contributed by atoms with Gasteiger partial charge >= 0.3 is 23.9 Å². The van der Waals surface area contributed by atoms with E-state index in [4.69, 9.17) is 23.8 Å². The van der Waals surface area contributed by atoms with Crippen LogP contribution in [0.15, 0.2) is 0 Å². The molecule has 0 aromatic carbocycles. The summed E-state index contributed by atoms with van der Waals surface area (Å²) in [5, 5.41) is 0.314. The zero-order valence-electron chi connectivity index (χ0n) is 17.5. The second kappa shape index (κ2) is 10.3. The molecule has 31 heavy (non-hydrogen) atoms. The fourth-order valence-electron chi connectivity index (χ4n) is 2.74. The summed E-state index contributed by atoms with van der Waals surface area (Å²) in [6, 6.07) is 0. The van der Waals surface area contributed by atoms with Crippen molar-refractivity contribution in [1.82, 2.24) is 5.06 Å². The number of imide groups is 1. The Hall–Kier alpha value is -3.02. The molecule has 0 bridgehead atoms. The number of unbranched alkanes of at least 4 members (excludes halogenated alkanes) is 1. The van der Waals surface area contributed by atoms with Gasteiger partial charge < -0.3 is 23.8 Å². The summed E-state index contributed by atoms with van der Waals surface area (Å²) in [7, 11) is 0. The van der Waals surface area contributed by atoms with Crippen molar-refractivity contribution in [2.75, 3.05) is 6.61 Å². The van der Waals surface area contributed by atoms with E-state index in [1.54, 1.807) is 0 Å². The Balaban J connectivity index is 1.98. The first kappa shape index (κ1) is 24.3. The van der Waals surface area contributed by atoms with Crippen LogP contribution in [0.4, 0.5) is 0 Å². The highest BCUT2D eigenvalue weighted by Crippen LogP contribution is 2.26. The monoisotopic (exact) mass is 443 g/mol. The second-order valence-corrected chi connectivity index (χ2v) is 7.38. The summed E-state index contributed by atoms with van der Waals surface area (Å²) in [5.41, 5.74) is 0. The van der Waals surface area contributed by atoms with E-state index in [1.807, 2.05) is 6.92 Å². The number of cyclic esters (lactones) is 1. The lowest BCUT2D eigenvalue weighted by Gasteiger charge is -2.19. The molecule has 2 fully saturated rings. The van der Waals surface area contributed by atoms with Crippen LogP contribution in [0.5, 0.6) is 0 Å². The van der Waals surface area contributed by atoms with Gasteiger partial charge in [-0.15, -0.1) is 5.06 Å². The minimum atomic E-state index is -1.70. The van der Waals surface area contributed by atoms with Crippen LogP contribution in [-0.4, -0.2) is 65.4 Å². The van der Waals surface area contributed by atoms with E-state index < -0.39 is 66.5 Å². The van der Waals surface area contributed by atoms with Crippen molar-refractivity contribution in [1.29, 1.82) is 0 Å². The molecular formula is C19H25NO11. The molecule has 2 aliphatic heterocycles. The molecule has 12 heteroatoms. The molecule has 12 nitrogen and oxygen atoms in total. The van der Waals surface area contributed by atoms with Crippen molar-refractivity contribution in [2.45, 2.75) is 77.3 Å². The zero-order chi connectivity index (χ0) is 23.2. The largest absolute Gasteiger partial charge is 0.463 e. The molecule has 2 saturated heterocycles. The van der Waals surface area contributed by atoms with Gasteiger partial charge in [-0.05, 0) is 6.42 Å². The SMILES string of the molecule is CCCCOC(=O)[C@H](CC(=O)ON1C(=O)CCC1=O)OC(=O)C[C@@H]1OC(C)(C)OC1=O. The van der Waals surface area contributed by atoms with E-state index in [0.29, 0.717) is 11.5 Å². The van der Waals surface area contributed by atoms with Crippen molar-refractivity contribution < 1.29 is 52.6 Å². The van der Waals surface area contributed by atoms with Gasteiger partial charge in [0.05, 0.1) is 19.4 Å². The number of hydrogen-bond acceptors (Lipinski definition) is 11. The third-order valence-corrected chi connectivity index (χ3v) is 4.22. The molecule has 0 aromatic rings. The van der Waals surface area contributed by atoms with Gasteiger partial charge in [-0.2, -0.15) is 0 Å². The average Bonchev–Trinajstić information content (AvgIpc) is 3.12. The smallest absolute Gasteiger partial charge is 0.348 e. The highest BCUT2D eigenvalue weighted by Gasteiger charge is 2.43. The van der Waals surface area contributed by atoms with Gasteiger partial charge in [0.2, 0.25) is 11.9 Å².